The lowest BCUT2D eigenvalue weighted by molar-refractivity contribution is -0.136. The Morgan fingerprint density at radius 1 is 1.27 bits per heavy atom. The van der Waals surface area contributed by atoms with Crippen LogP contribution in [0.1, 0.15) is 18.4 Å². The maximum absolute atomic E-state index is 13.1. The van der Waals surface area contributed by atoms with Crippen LogP contribution in [0.4, 0.5) is 4.39 Å². The van der Waals surface area contributed by atoms with Gasteiger partial charge in [-0.1, -0.05) is 41.9 Å². The van der Waals surface area contributed by atoms with Crippen LogP contribution in [0.25, 0.3) is 0 Å². The summed E-state index contributed by atoms with van der Waals surface area (Å²) in [6, 6.07) is 13.6. The first-order valence-corrected chi connectivity index (χ1v) is 8.54. The monoisotopic (exact) mass is 398 g/mol. The van der Waals surface area contributed by atoms with Gasteiger partial charge in [-0.15, -0.1) is 12.4 Å². The molecule has 0 saturated carbocycles. The minimum absolute atomic E-state index is 0. The Bertz CT molecular complexity index is 760. The number of nitrogens with zero attached hydrogens (tertiary/aromatic N) is 1. The number of carbonyl (C=O) groups excluding carboxylic acids is 1. The summed E-state index contributed by atoms with van der Waals surface area (Å²) in [6.45, 7) is 2.68. The number of carbonyl (C=O) groups is 1. The van der Waals surface area contributed by atoms with E-state index in [0.717, 1.165) is 11.6 Å². The molecule has 3 atom stereocenters. The van der Waals surface area contributed by atoms with E-state index in [4.69, 9.17) is 22.1 Å². The molecule has 0 aromatic heterocycles. The molecule has 1 unspecified atom stereocenters. The van der Waals surface area contributed by atoms with Crippen molar-refractivity contribution in [3.05, 3.63) is 64.9 Å². The van der Waals surface area contributed by atoms with Crippen molar-refractivity contribution in [2.45, 2.75) is 25.0 Å². The molecule has 1 saturated heterocycles. The Labute approximate surface area is 163 Å². The minimum Gasteiger partial charge on any atom is -0.479 e. The highest BCUT2D eigenvalue weighted by molar-refractivity contribution is 6.32. The van der Waals surface area contributed by atoms with Crippen molar-refractivity contribution >= 4 is 29.9 Å². The van der Waals surface area contributed by atoms with Gasteiger partial charge in [-0.05, 0) is 30.7 Å². The Balaban J connectivity index is 0.00000243. The fourth-order valence-corrected chi connectivity index (χ4v) is 3.34. The molecule has 7 heteroatoms. The van der Waals surface area contributed by atoms with E-state index >= 15 is 0 Å². The third-order valence-electron chi connectivity index (χ3n) is 4.45. The van der Waals surface area contributed by atoms with Gasteiger partial charge in [0.05, 0.1) is 5.02 Å². The molecule has 0 radical (unpaired) electrons. The van der Waals surface area contributed by atoms with E-state index in [-0.39, 0.29) is 41.0 Å². The zero-order chi connectivity index (χ0) is 18.0. The lowest BCUT2D eigenvalue weighted by Gasteiger charge is -2.22. The molecule has 140 valence electrons. The van der Waals surface area contributed by atoms with Gasteiger partial charge in [-0.2, -0.15) is 0 Å². The van der Waals surface area contributed by atoms with Crippen LogP contribution in [-0.4, -0.2) is 36.0 Å². The number of halogens is 3. The summed E-state index contributed by atoms with van der Waals surface area (Å²) in [5.74, 6) is -0.222. The molecule has 3 rings (SSSR count). The largest absolute Gasteiger partial charge is 0.479 e. The maximum Gasteiger partial charge on any atom is 0.263 e. The number of benzene rings is 2. The summed E-state index contributed by atoms with van der Waals surface area (Å²) in [4.78, 5) is 14.4. The van der Waals surface area contributed by atoms with Crippen molar-refractivity contribution in [1.82, 2.24) is 4.90 Å². The topological polar surface area (TPSA) is 55.6 Å². The van der Waals surface area contributed by atoms with E-state index in [2.05, 4.69) is 0 Å². The molecule has 2 aromatic rings. The highest BCUT2D eigenvalue weighted by Gasteiger charge is 2.36. The second-order valence-corrected chi connectivity index (χ2v) is 6.67. The molecule has 2 aromatic carbocycles. The molecule has 1 heterocycles. The first kappa shape index (κ1) is 20.5. The van der Waals surface area contributed by atoms with Gasteiger partial charge in [0, 0.05) is 25.0 Å². The molecule has 4 nitrogen and oxygen atoms in total. The summed E-state index contributed by atoms with van der Waals surface area (Å²) in [5, 5.41) is 0.139. The van der Waals surface area contributed by atoms with E-state index in [1.165, 1.54) is 12.1 Å². The molecule has 2 N–H and O–H groups in total. The summed E-state index contributed by atoms with van der Waals surface area (Å²) in [7, 11) is 0. The van der Waals surface area contributed by atoms with Crippen LogP contribution in [0.2, 0.25) is 5.02 Å². The van der Waals surface area contributed by atoms with Gasteiger partial charge in [0.15, 0.2) is 6.10 Å². The van der Waals surface area contributed by atoms with Crippen molar-refractivity contribution in [2.24, 2.45) is 5.73 Å². The second-order valence-electron chi connectivity index (χ2n) is 6.26. The number of likely N-dealkylation sites (tertiary alicyclic amines) is 1. The molecule has 0 bridgehead atoms. The van der Waals surface area contributed by atoms with Gasteiger partial charge >= 0.3 is 0 Å². The van der Waals surface area contributed by atoms with Crippen LogP contribution < -0.4 is 10.5 Å². The number of nitrogens with two attached hydrogens (primary N) is 1. The van der Waals surface area contributed by atoms with Gasteiger partial charge in [0.25, 0.3) is 5.91 Å². The molecule has 1 aliphatic heterocycles. The summed E-state index contributed by atoms with van der Waals surface area (Å²) < 4.78 is 18.7. The minimum atomic E-state index is -0.732. The van der Waals surface area contributed by atoms with Crippen LogP contribution in [0.15, 0.2) is 48.5 Å². The van der Waals surface area contributed by atoms with Crippen LogP contribution in [0.5, 0.6) is 5.75 Å². The Morgan fingerprint density at radius 3 is 2.62 bits per heavy atom. The zero-order valence-corrected chi connectivity index (χ0v) is 15.8. The summed E-state index contributed by atoms with van der Waals surface area (Å²) in [6.07, 6.45) is -0.732. The van der Waals surface area contributed by atoms with Crippen LogP contribution in [0, 0.1) is 5.82 Å². The number of hydrogen-bond acceptors (Lipinski definition) is 3. The average Bonchev–Trinajstić information content (AvgIpc) is 2.99. The van der Waals surface area contributed by atoms with Crippen molar-refractivity contribution in [3.63, 3.8) is 0 Å². The number of amides is 1. The highest BCUT2D eigenvalue weighted by Crippen LogP contribution is 2.29. The van der Waals surface area contributed by atoms with Crippen molar-refractivity contribution < 1.29 is 13.9 Å². The standard InChI is InChI=1S/C19H20ClFN2O2.ClH/c1-12(25-18-8-7-14(21)9-16(18)20)19(24)23-10-15(17(22)11-23)13-5-3-2-4-6-13;/h2-9,12,15,17H,10-11,22H2,1H3;1H/t12?,15-,17+;/m0./s1. The van der Waals surface area contributed by atoms with E-state index < -0.39 is 11.9 Å². The first-order valence-electron chi connectivity index (χ1n) is 8.16. The quantitative estimate of drug-likeness (QED) is 0.855. The summed E-state index contributed by atoms with van der Waals surface area (Å²) in [5.41, 5.74) is 7.36. The molecule has 0 spiro atoms. The van der Waals surface area contributed by atoms with E-state index in [9.17, 15) is 9.18 Å². The first-order chi connectivity index (χ1) is 12.0. The van der Waals surface area contributed by atoms with Gasteiger partial charge in [-0.3, -0.25) is 4.79 Å². The second kappa shape index (κ2) is 8.71. The maximum atomic E-state index is 13.1. The fourth-order valence-electron chi connectivity index (χ4n) is 3.13. The van der Waals surface area contributed by atoms with Gasteiger partial charge in [0.2, 0.25) is 0 Å². The third-order valence-corrected chi connectivity index (χ3v) is 4.75. The van der Waals surface area contributed by atoms with Gasteiger partial charge < -0.3 is 15.4 Å². The normalized spacial score (nSPS) is 20.4. The van der Waals surface area contributed by atoms with Crippen molar-refractivity contribution in [1.29, 1.82) is 0 Å². The predicted molar refractivity (Wildman–Crippen MR) is 102 cm³/mol. The molecular formula is C19H21Cl2FN2O2. The van der Waals surface area contributed by atoms with Crippen molar-refractivity contribution in [2.75, 3.05) is 13.1 Å². The summed E-state index contributed by atoms with van der Waals surface area (Å²) >= 11 is 5.95. The van der Waals surface area contributed by atoms with Crippen LogP contribution in [0.3, 0.4) is 0 Å². The Morgan fingerprint density at radius 2 is 1.96 bits per heavy atom. The molecule has 1 amide bonds. The van der Waals surface area contributed by atoms with Gasteiger partial charge in [-0.25, -0.2) is 4.39 Å². The van der Waals surface area contributed by atoms with E-state index in [0.29, 0.717) is 13.1 Å². The van der Waals surface area contributed by atoms with Crippen molar-refractivity contribution in [3.8, 4) is 5.75 Å². The molecule has 26 heavy (non-hydrogen) atoms. The van der Waals surface area contributed by atoms with E-state index in [1.54, 1.807) is 11.8 Å². The van der Waals surface area contributed by atoms with E-state index in [1.807, 2.05) is 30.3 Å². The number of ether oxygens (including phenoxy) is 1. The lowest BCUT2D eigenvalue weighted by atomic mass is 9.95. The van der Waals surface area contributed by atoms with Crippen LogP contribution in [-0.2, 0) is 4.79 Å². The number of rotatable bonds is 4. The molecule has 1 aliphatic rings. The lowest BCUT2D eigenvalue weighted by Crippen LogP contribution is -2.40. The third kappa shape index (κ3) is 4.47. The molecule has 1 fully saturated rings. The number of hydrogen-bond donors (Lipinski definition) is 1. The SMILES string of the molecule is CC(Oc1ccc(F)cc1Cl)C(=O)N1C[C@@H](N)[C@H](c2ccccc2)C1.Cl. The molecule has 0 aliphatic carbocycles. The fraction of sp³-hybridized carbons (Fsp3) is 0.316. The average molecular weight is 399 g/mol. The predicted octanol–water partition coefficient (Wildman–Crippen LogP) is 3.62. The zero-order valence-electron chi connectivity index (χ0n) is 14.3. The Kier molecular flexibility index (Phi) is 6.87. The highest BCUT2D eigenvalue weighted by atomic mass is 35.5. The smallest absolute Gasteiger partial charge is 0.263 e. The molecular weight excluding hydrogens is 378 g/mol. The Hall–Kier alpha value is -1.82. The van der Waals surface area contributed by atoms with Gasteiger partial charge in [0.1, 0.15) is 11.6 Å². The van der Waals surface area contributed by atoms with Crippen LogP contribution >= 0.6 is 24.0 Å².